The number of carbonyl (C=O) groups is 2. The Bertz CT molecular complexity index is 623. The summed E-state index contributed by atoms with van der Waals surface area (Å²) >= 11 is 6.10. The third kappa shape index (κ3) is 5.61. The van der Waals surface area contributed by atoms with E-state index in [4.69, 9.17) is 21.4 Å². The van der Waals surface area contributed by atoms with Gasteiger partial charge in [-0.15, -0.1) is 0 Å². The summed E-state index contributed by atoms with van der Waals surface area (Å²) in [4.78, 5) is 26.6. The van der Waals surface area contributed by atoms with Crippen LogP contribution in [0.3, 0.4) is 0 Å². The molecule has 0 aliphatic carbocycles. The fraction of sp³-hybridized carbons (Fsp3) is 0.556. The number of benzene rings is 1. The molecule has 1 saturated heterocycles. The lowest BCUT2D eigenvalue weighted by molar-refractivity contribution is -0.145. The summed E-state index contributed by atoms with van der Waals surface area (Å²) in [6, 6.07) is 5.55. The van der Waals surface area contributed by atoms with E-state index in [-0.39, 0.29) is 18.5 Å². The van der Waals surface area contributed by atoms with Crippen molar-refractivity contribution < 1.29 is 19.4 Å². The molecule has 138 valence electrons. The highest BCUT2D eigenvalue weighted by Gasteiger charge is 2.26. The van der Waals surface area contributed by atoms with Gasteiger partial charge < -0.3 is 14.7 Å². The van der Waals surface area contributed by atoms with Crippen molar-refractivity contribution in [3.63, 3.8) is 0 Å². The highest BCUT2D eigenvalue weighted by molar-refractivity contribution is 6.30. The first-order valence-electron chi connectivity index (χ1n) is 8.44. The number of aliphatic carboxylic acids is 1. The van der Waals surface area contributed by atoms with Crippen molar-refractivity contribution in [1.82, 2.24) is 9.80 Å². The van der Waals surface area contributed by atoms with Gasteiger partial charge in [-0.3, -0.25) is 14.5 Å². The lowest BCUT2D eigenvalue weighted by Crippen LogP contribution is -2.42. The van der Waals surface area contributed by atoms with E-state index in [1.807, 2.05) is 12.1 Å². The van der Waals surface area contributed by atoms with Crippen molar-refractivity contribution in [2.45, 2.75) is 38.8 Å². The summed E-state index contributed by atoms with van der Waals surface area (Å²) in [6.07, 6.45) is 2.49. The van der Waals surface area contributed by atoms with E-state index in [0.29, 0.717) is 5.02 Å². The zero-order valence-corrected chi connectivity index (χ0v) is 15.5. The van der Waals surface area contributed by atoms with Crippen LogP contribution in [0, 0.1) is 0 Å². The smallest absolute Gasteiger partial charge is 0.323 e. The van der Waals surface area contributed by atoms with Crippen LogP contribution in [-0.4, -0.2) is 59.6 Å². The minimum absolute atomic E-state index is 0.0279. The number of carbonyl (C=O) groups excluding carboxylic acids is 1. The molecule has 1 amide bonds. The molecule has 1 aliphatic rings. The average molecular weight is 369 g/mol. The maximum absolute atomic E-state index is 11.8. The predicted octanol–water partition coefficient (Wildman–Crippen LogP) is 2.64. The van der Waals surface area contributed by atoms with E-state index in [1.54, 1.807) is 13.2 Å². The van der Waals surface area contributed by atoms with E-state index in [0.717, 1.165) is 50.2 Å². The Morgan fingerprint density at radius 1 is 1.36 bits per heavy atom. The number of hydrogen-bond donors (Lipinski definition) is 1. The SMILES string of the molecule is COc1ccc(Cl)cc1CN1CCCC(N(CC(=O)O)C(C)=O)CC1. The van der Waals surface area contributed by atoms with E-state index in [2.05, 4.69) is 4.90 Å². The van der Waals surface area contributed by atoms with Gasteiger partial charge in [-0.2, -0.15) is 0 Å². The summed E-state index contributed by atoms with van der Waals surface area (Å²) in [6.45, 7) is 3.61. The Hall–Kier alpha value is -1.79. The van der Waals surface area contributed by atoms with Gasteiger partial charge in [0.25, 0.3) is 0 Å². The van der Waals surface area contributed by atoms with Crippen LogP contribution in [-0.2, 0) is 16.1 Å². The largest absolute Gasteiger partial charge is 0.496 e. The Morgan fingerprint density at radius 3 is 2.76 bits per heavy atom. The van der Waals surface area contributed by atoms with Crippen LogP contribution in [0.5, 0.6) is 5.75 Å². The number of methoxy groups -OCH3 is 1. The van der Waals surface area contributed by atoms with E-state index < -0.39 is 5.97 Å². The second-order valence-corrected chi connectivity index (χ2v) is 6.79. The summed E-state index contributed by atoms with van der Waals surface area (Å²) in [5, 5.41) is 9.71. The molecule has 0 aromatic heterocycles. The number of carboxylic acid groups (broad SMARTS) is 1. The highest BCUT2D eigenvalue weighted by Crippen LogP contribution is 2.26. The molecule has 0 spiro atoms. The van der Waals surface area contributed by atoms with Crippen molar-refractivity contribution in [3.8, 4) is 5.75 Å². The second-order valence-electron chi connectivity index (χ2n) is 6.36. The molecule has 0 radical (unpaired) electrons. The van der Waals surface area contributed by atoms with Crippen LogP contribution >= 0.6 is 11.6 Å². The van der Waals surface area contributed by atoms with E-state index >= 15 is 0 Å². The topological polar surface area (TPSA) is 70.1 Å². The summed E-state index contributed by atoms with van der Waals surface area (Å²) in [5.41, 5.74) is 1.03. The highest BCUT2D eigenvalue weighted by atomic mass is 35.5. The summed E-state index contributed by atoms with van der Waals surface area (Å²) in [5.74, 6) is -0.348. The minimum atomic E-state index is -0.972. The maximum Gasteiger partial charge on any atom is 0.323 e. The molecular formula is C18H25ClN2O4. The number of hydrogen-bond acceptors (Lipinski definition) is 4. The van der Waals surface area contributed by atoms with Gasteiger partial charge in [-0.1, -0.05) is 11.6 Å². The molecule has 1 aromatic rings. The Kier molecular flexibility index (Phi) is 7.08. The number of carboxylic acids is 1. The fourth-order valence-electron chi connectivity index (χ4n) is 3.36. The van der Waals surface area contributed by atoms with Crippen LogP contribution in [0.15, 0.2) is 18.2 Å². The Morgan fingerprint density at radius 2 is 2.12 bits per heavy atom. The van der Waals surface area contributed by atoms with E-state index in [9.17, 15) is 9.59 Å². The molecule has 0 saturated carbocycles. The molecule has 2 rings (SSSR count). The van der Waals surface area contributed by atoms with Crippen LogP contribution in [0.2, 0.25) is 5.02 Å². The van der Waals surface area contributed by atoms with Gasteiger partial charge in [0.05, 0.1) is 7.11 Å². The van der Waals surface area contributed by atoms with Gasteiger partial charge >= 0.3 is 5.97 Å². The number of amides is 1. The molecule has 1 fully saturated rings. The van der Waals surface area contributed by atoms with E-state index in [1.165, 1.54) is 11.8 Å². The fourth-order valence-corrected chi connectivity index (χ4v) is 3.56. The standard InChI is InChI=1S/C18H25ClN2O4/c1-13(22)21(12-18(23)24)16-4-3-8-20(9-7-16)11-14-10-15(19)5-6-17(14)25-2/h5-6,10,16H,3-4,7-9,11-12H2,1-2H3,(H,23,24). The second kappa shape index (κ2) is 9.06. The number of nitrogens with zero attached hydrogens (tertiary/aromatic N) is 2. The lowest BCUT2D eigenvalue weighted by atomic mass is 10.1. The first kappa shape index (κ1) is 19.5. The third-order valence-corrected chi connectivity index (χ3v) is 4.81. The molecule has 25 heavy (non-hydrogen) atoms. The Balaban J connectivity index is 2.02. The quantitative estimate of drug-likeness (QED) is 0.835. The first-order valence-corrected chi connectivity index (χ1v) is 8.82. The molecule has 1 aliphatic heterocycles. The van der Waals surface area contributed by atoms with Gasteiger partial charge in [0.1, 0.15) is 12.3 Å². The van der Waals surface area contributed by atoms with Crippen LogP contribution in [0.1, 0.15) is 31.7 Å². The number of rotatable bonds is 6. The molecule has 6 nitrogen and oxygen atoms in total. The van der Waals surface area contributed by atoms with Gasteiger partial charge in [0, 0.05) is 36.6 Å². The zero-order valence-electron chi connectivity index (χ0n) is 14.7. The van der Waals surface area contributed by atoms with Gasteiger partial charge in [-0.05, 0) is 44.0 Å². The van der Waals surface area contributed by atoms with Crippen LogP contribution < -0.4 is 4.74 Å². The van der Waals surface area contributed by atoms with Crippen molar-refractivity contribution in [1.29, 1.82) is 0 Å². The van der Waals surface area contributed by atoms with Crippen molar-refractivity contribution >= 4 is 23.5 Å². The zero-order chi connectivity index (χ0) is 18.4. The lowest BCUT2D eigenvalue weighted by Gasteiger charge is -2.29. The molecular weight excluding hydrogens is 344 g/mol. The van der Waals surface area contributed by atoms with Crippen molar-refractivity contribution in [2.24, 2.45) is 0 Å². The first-order chi connectivity index (χ1) is 11.9. The van der Waals surface area contributed by atoms with Gasteiger partial charge in [-0.25, -0.2) is 0 Å². The predicted molar refractivity (Wildman–Crippen MR) is 95.9 cm³/mol. The third-order valence-electron chi connectivity index (χ3n) is 4.58. The number of ether oxygens (including phenoxy) is 1. The summed E-state index contributed by atoms with van der Waals surface area (Å²) in [7, 11) is 1.64. The molecule has 1 heterocycles. The molecule has 7 heteroatoms. The van der Waals surface area contributed by atoms with Crippen LogP contribution in [0.25, 0.3) is 0 Å². The number of halogens is 1. The average Bonchev–Trinajstić information content (AvgIpc) is 2.78. The minimum Gasteiger partial charge on any atom is -0.496 e. The Labute approximate surface area is 153 Å². The molecule has 1 N–H and O–H groups in total. The summed E-state index contributed by atoms with van der Waals surface area (Å²) < 4.78 is 5.40. The molecule has 1 aromatic carbocycles. The monoisotopic (exact) mass is 368 g/mol. The molecule has 0 bridgehead atoms. The van der Waals surface area contributed by atoms with Crippen molar-refractivity contribution in [3.05, 3.63) is 28.8 Å². The van der Waals surface area contributed by atoms with Crippen molar-refractivity contribution in [2.75, 3.05) is 26.7 Å². The van der Waals surface area contributed by atoms with Crippen LogP contribution in [0.4, 0.5) is 0 Å². The molecule has 1 unspecified atom stereocenters. The molecule has 1 atom stereocenters. The normalized spacial score (nSPS) is 18.4. The maximum atomic E-state index is 11.8. The van der Waals surface area contributed by atoms with Gasteiger partial charge in [0.2, 0.25) is 5.91 Å². The number of likely N-dealkylation sites (tertiary alicyclic amines) is 1. The van der Waals surface area contributed by atoms with Gasteiger partial charge in [0.15, 0.2) is 0 Å².